The van der Waals surface area contributed by atoms with Crippen molar-refractivity contribution in [1.82, 2.24) is 14.3 Å². The summed E-state index contributed by atoms with van der Waals surface area (Å²) < 4.78 is 6.98. The highest BCUT2D eigenvalue weighted by atomic mass is 16.5. The van der Waals surface area contributed by atoms with Crippen LogP contribution in [0.25, 0.3) is 5.52 Å². The van der Waals surface area contributed by atoms with Crippen molar-refractivity contribution in [3.8, 4) is 5.75 Å². The number of para-hydroxylation sites is 2. The lowest BCUT2D eigenvalue weighted by Crippen LogP contribution is -2.33. The highest BCUT2D eigenvalue weighted by molar-refractivity contribution is 6.09. The van der Waals surface area contributed by atoms with E-state index in [0.29, 0.717) is 30.0 Å². The monoisotopic (exact) mass is 394 g/mol. The summed E-state index contributed by atoms with van der Waals surface area (Å²) in [7, 11) is 1.55. The molecule has 1 aromatic carbocycles. The van der Waals surface area contributed by atoms with Crippen LogP contribution in [0.3, 0.4) is 0 Å². The number of rotatable bonds is 8. The van der Waals surface area contributed by atoms with Gasteiger partial charge < -0.3 is 15.0 Å². The summed E-state index contributed by atoms with van der Waals surface area (Å²) in [5, 5.41) is 2.84. The van der Waals surface area contributed by atoms with E-state index < -0.39 is 5.91 Å². The molecule has 0 fully saturated rings. The molecule has 3 rings (SSSR count). The third-order valence-electron chi connectivity index (χ3n) is 4.58. The molecular formula is C22H26N4O3. The van der Waals surface area contributed by atoms with Crippen LogP contribution in [0.1, 0.15) is 47.8 Å². The van der Waals surface area contributed by atoms with Crippen LogP contribution in [0.15, 0.2) is 48.7 Å². The minimum Gasteiger partial charge on any atom is -0.495 e. The SMILES string of the molecule is CCCN(CCC)C(=O)c1nc(C(=O)Nc2ccccc2OC)c2ccccn12. The molecule has 0 unspecified atom stereocenters. The number of carbonyl (C=O) groups excluding carboxylic acids is 2. The molecule has 7 nitrogen and oxygen atoms in total. The minimum absolute atomic E-state index is 0.175. The van der Waals surface area contributed by atoms with E-state index in [-0.39, 0.29) is 17.4 Å². The van der Waals surface area contributed by atoms with Crippen LogP contribution in [0.5, 0.6) is 5.75 Å². The van der Waals surface area contributed by atoms with Crippen LogP contribution in [-0.4, -0.2) is 46.3 Å². The lowest BCUT2D eigenvalue weighted by Gasteiger charge is -2.20. The minimum atomic E-state index is -0.394. The Kier molecular flexibility index (Phi) is 6.49. The lowest BCUT2D eigenvalue weighted by molar-refractivity contribution is 0.0742. The Hall–Kier alpha value is -3.35. The van der Waals surface area contributed by atoms with Gasteiger partial charge in [-0.1, -0.05) is 32.0 Å². The molecular weight excluding hydrogens is 368 g/mol. The third kappa shape index (κ3) is 4.23. The first-order valence-electron chi connectivity index (χ1n) is 9.81. The average Bonchev–Trinajstić information content (AvgIpc) is 3.13. The van der Waals surface area contributed by atoms with Gasteiger partial charge >= 0.3 is 0 Å². The number of anilines is 1. The zero-order valence-electron chi connectivity index (χ0n) is 17.0. The highest BCUT2D eigenvalue weighted by Gasteiger charge is 2.25. The van der Waals surface area contributed by atoms with E-state index in [1.54, 1.807) is 40.8 Å². The van der Waals surface area contributed by atoms with Gasteiger partial charge in [0.05, 0.1) is 18.3 Å². The van der Waals surface area contributed by atoms with Gasteiger partial charge in [0.1, 0.15) is 5.75 Å². The summed E-state index contributed by atoms with van der Waals surface area (Å²) in [6.45, 7) is 5.37. The summed E-state index contributed by atoms with van der Waals surface area (Å²) in [6, 6.07) is 12.6. The number of hydrogen-bond acceptors (Lipinski definition) is 4. The van der Waals surface area contributed by atoms with Gasteiger partial charge in [-0.3, -0.25) is 14.0 Å². The molecule has 0 aliphatic carbocycles. The van der Waals surface area contributed by atoms with Crippen LogP contribution in [0, 0.1) is 0 Å². The molecule has 2 amide bonds. The van der Waals surface area contributed by atoms with Gasteiger partial charge in [-0.25, -0.2) is 4.98 Å². The summed E-state index contributed by atoms with van der Waals surface area (Å²) in [6.07, 6.45) is 3.47. The fraction of sp³-hybridized carbons (Fsp3) is 0.318. The molecule has 0 radical (unpaired) electrons. The Morgan fingerprint density at radius 3 is 2.45 bits per heavy atom. The second-order valence-electron chi connectivity index (χ2n) is 6.69. The van der Waals surface area contributed by atoms with E-state index in [9.17, 15) is 9.59 Å². The molecule has 2 heterocycles. The fourth-order valence-corrected chi connectivity index (χ4v) is 3.28. The van der Waals surface area contributed by atoms with Crippen molar-refractivity contribution in [3.05, 3.63) is 60.2 Å². The molecule has 29 heavy (non-hydrogen) atoms. The molecule has 7 heteroatoms. The van der Waals surface area contributed by atoms with E-state index in [1.165, 1.54) is 0 Å². The number of methoxy groups -OCH3 is 1. The van der Waals surface area contributed by atoms with E-state index in [0.717, 1.165) is 12.8 Å². The van der Waals surface area contributed by atoms with Crippen LogP contribution < -0.4 is 10.1 Å². The van der Waals surface area contributed by atoms with E-state index in [2.05, 4.69) is 10.3 Å². The van der Waals surface area contributed by atoms with Crippen LogP contribution in [0.2, 0.25) is 0 Å². The predicted octanol–water partition coefficient (Wildman–Crippen LogP) is 3.86. The topological polar surface area (TPSA) is 75.9 Å². The molecule has 0 bridgehead atoms. The number of imidazole rings is 1. The number of amides is 2. The van der Waals surface area contributed by atoms with Crippen molar-refractivity contribution in [1.29, 1.82) is 0 Å². The van der Waals surface area contributed by atoms with Crippen LogP contribution in [0.4, 0.5) is 5.69 Å². The quantitative estimate of drug-likeness (QED) is 0.629. The van der Waals surface area contributed by atoms with Gasteiger partial charge in [-0.2, -0.15) is 0 Å². The lowest BCUT2D eigenvalue weighted by atomic mass is 10.2. The van der Waals surface area contributed by atoms with Crippen molar-refractivity contribution in [2.45, 2.75) is 26.7 Å². The number of benzene rings is 1. The van der Waals surface area contributed by atoms with Gasteiger partial charge in [0.25, 0.3) is 11.8 Å². The number of nitrogens with one attached hydrogen (secondary N) is 1. The number of carbonyl (C=O) groups is 2. The van der Waals surface area contributed by atoms with Gasteiger partial charge in [0.15, 0.2) is 5.69 Å². The van der Waals surface area contributed by atoms with E-state index >= 15 is 0 Å². The van der Waals surface area contributed by atoms with Gasteiger partial charge in [0.2, 0.25) is 5.82 Å². The predicted molar refractivity (Wildman–Crippen MR) is 113 cm³/mol. The number of ether oxygens (including phenoxy) is 1. The smallest absolute Gasteiger partial charge is 0.290 e. The van der Waals surface area contributed by atoms with E-state index in [1.807, 2.05) is 38.1 Å². The van der Waals surface area contributed by atoms with Gasteiger partial charge in [-0.15, -0.1) is 0 Å². The summed E-state index contributed by atoms with van der Waals surface area (Å²) in [5.74, 6) is 0.228. The standard InChI is InChI=1S/C22H26N4O3/c1-4-13-25(14-5-2)22(28)20-24-19(17-11-8-9-15-26(17)20)21(27)23-16-10-6-7-12-18(16)29-3/h6-12,15H,4-5,13-14H2,1-3H3,(H,23,27). The fourth-order valence-electron chi connectivity index (χ4n) is 3.28. The molecule has 0 aliphatic rings. The zero-order chi connectivity index (χ0) is 20.8. The maximum Gasteiger partial charge on any atom is 0.290 e. The first kappa shape index (κ1) is 20.4. The molecule has 3 aromatic rings. The second kappa shape index (κ2) is 9.23. The third-order valence-corrected chi connectivity index (χ3v) is 4.58. The molecule has 0 atom stereocenters. The zero-order valence-corrected chi connectivity index (χ0v) is 17.0. The Balaban J connectivity index is 1.99. The highest BCUT2D eigenvalue weighted by Crippen LogP contribution is 2.24. The first-order chi connectivity index (χ1) is 14.1. The molecule has 0 saturated heterocycles. The largest absolute Gasteiger partial charge is 0.495 e. The summed E-state index contributed by atoms with van der Waals surface area (Å²) >= 11 is 0. The van der Waals surface area contributed by atoms with Gasteiger partial charge in [0, 0.05) is 19.3 Å². The van der Waals surface area contributed by atoms with Crippen molar-refractivity contribution in [3.63, 3.8) is 0 Å². The maximum absolute atomic E-state index is 13.1. The Morgan fingerprint density at radius 1 is 1.07 bits per heavy atom. The van der Waals surface area contributed by atoms with E-state index in [4.69, 9.17) is 4.74 Å². The van der Waals surface area contributed by atoms with Crippen molar-refractivity contribution < 1.29 is 14.3 Å². The number of fused-ring (bicyclic) bond motifs is 1. The summed E-state index contributed by atoms with van der Waals surface area (Å²) in [5.41, 5.74) is 1.33. The van der Waals surface area contributed by atoms with Crippen LogP contribution >= 0.6 is 0 Å². The molecule has 0 aliphatic heterocycles. The number of aromatic nitrogens is 2. The normalized spacial score (nSPS) is 10.7. The number of hydrogen-bond donors (Lipinski definition) is 1. The molecule has 0 spiro atoms. The molecule has 152 valence electrons. The Labute approximate surface area is 170 Å². The second-order valence-corrected chi connectivity index (χ2v) is 6.69. The average molecular weight is 394 g/mol. The maximum atomic E-state index is 13.1. The number of pyridine rings is 1. The molecule has 1 N–H and O–H groups in total. The molecule has 2 aromatic heterocycles. The van der Waals surface area contributed by atoms with Crippen molar-refractivity contribution in [2.24, 2.45) is 0 Å². The molecule has 0 saturated carbocycles. The summed E-state index contributed by atoms with van der Waals surface area (Å²) in [4.78, 5) is 32.3. The van der Waals surface area contributed by atoms with Crippen molar-refractivity contribution >= 4 is 23.0 Å². The van der Waals surface area contributed by atoms with Crippen LogP contribution in [-0.2, 0) is 0 Å². The first-order valence-corrected chi connectivity index (χ1v) is 9.81. The van der Waals surface area contributed by atoms with Gasteiger partial charge in [-0.05, 0) is 37.1 Å². The Bertz CT molecular complexity index is 1010. The number of nitrogens with zero attached hydrogens (tertiary/aromatic N) is 3. The van der Waals surface area contributed by atoms with Crippen molar-refractivity contribution in [2.75, 3.05) is 25.5 Å². The Morgan fingerprint density at radius 2 is 1.76 bits per heavy atom.